The number of carbonyl (C=O) groups excluding carboxylic acids is 1. The molecule has 3 rings (SSSR count). The molecule has 2 aromatic heterocycles. The van der Waals surface area contributed by atoms with Crippen LogP contribution in [0.4, 0.5) is 4.39 Å². The van der Waals surface area contributed by atoms with E-state index in [1.54, 1.807) is 6.20 Å². The first-order valence-corrected chi connectivity index (χ1v) is 7.80. The highest BCUT2D eigenvalue weighted by Crippen LogP contribution is 2.18. The normalized spacial score (nSPS) is 12.5. The molecule has 1 aliphatic rings. The summed E-state index contributed by atoms with van der Waals surface area (Å²) in [7, 11) is 0. The number of nitrogens with one attached hydrogen (secondary N) is 2. The van der Waals surface area contributed by atoms with E-state index in [4.69, 9.17) is 0 Å². The van der Waals surface area contributed by atoms with Crippen molar-refractivity contribution in [1.29, 1.82) is 0 Å². The zero-order chi connectivity index (χ0) is 16.9. The van der Waals surface area contributed by atoms with Crippen molar-refractivity contribution in [3.63, 3.8) is 0 Å². The van der Waals surface area contributed by atoms with E-state index in [1.165, 1.54) is 18.3 Å². The quantitative estimate of drug-likeness (QED) is 0.869. The number of rotatable bonds is 5. The number of fused-ring (bicyclic) bond motifs is 1. The highest BCUT2D eigenvalue weighted by Gasteiger charge is 2.17. The Hall–Kier alpha value is -2.83. The van der Waals surface area contributed by atoms with Gasteiger partial charge in [0, 0.05) is 24.5 Å². The van der Waals surface area contributed by atoms with E-state index in [-0.39, 0.29) is 24.6 Å². The summed E-state index contributed by atoms with van der Waals surface area (Å²) in [5.74, 6) is 0.196. The summed E-state index contributed by atoms with van der Waals surface area (Å²) in [5.41, 5.74) is 2.92. The number of amidine groups is 1. The van der Waals surface area contributed by atoms with Crippen molar-refractivity contribution in [2.75, 3.05) is 6.54 Å². The van der Waals surface area contributed by atoms with Crippen LogP contribution in [-0.4, -0.2) is 28.3 Å². The van der Waals surface area contributed by atoms with Crippen molar-refractivity contribution in [1.82, 2.24) is 20.6 Å². The van der Waals surface area contributed by atoms with Crippen molar-refractivity contribution in [2.45, 2.75) is 26.4 Å². The molecule has 0 atom stereocenters. The minimum atomic E-state index is -0.429. The molecular weight excluding hydrogens is 309 g/mol. The lowest BCUT2D eigenvalue weighted by Crippen LogP contribution is -2.26. The van der Waals surface area contributed by atoms with Crippen LogP contribution < -0.4 is 10.6 Å². The van der Waals surface area contributed by atoms with Crippen LogP contribution in [0.25, 0.3) is 0 Å². The van der Waals surface area contributed by atoms with Crippen molar-refractivity contribution >= 4 is 11.7 Å². The van der Waals surface area contributed by atoms with Crippen LogP contribution in [0, 0.1) is 5.82 Å². The molecule has 0 bridgehead atoms. The third-order valence-corrected chi connectivity index (χ3v) is 3.68. The lowest BCUT2D eigenvalue weighted by Gasteiger charge is -2.07. The molecule has 0 aromatic carbocycles. The lowest BCUT2D eigenvalue weighted by molar-refractivity contribution is -0.120. The average Bonchev–Trinajstić information content (AvgIpc) is 2.97. The van der Waals surface area contributed by atoms with Crippen LogP contribution in [0.5, 0.6) is 0 Å². The minimum absolute atomic E-state index is 0.0596. The largest absolute Gasteiger partial charge is 0.370 e. The van der Waals surface area contributed by atoms with E-state index < -0.39 is 5.82 Å². The number of carbonyl (C=O) groups is 1. The molecule has 1 aliphatic heterocycles. The molecule has 0 saturated carbocycles. The molecule has 0 spiro atoms. The molecule has 0 aliphatic carbocycles. The fourth-order valence-electron chi connectivity index (χ4n) is 2.51. The maximum Gasteiger partial charge on any atom is 0.226 e. The van der Waals surface area contributed by atoms with Gasteiger partial charge in [-0.05, 0) is 30.7 Å². The molecular formula is C17H18FN5O. The second kappa shape index (κ2) is 7.16. The Morgan fingerprint density at radius 3 is 3.04 bits per heavy atom. The molecule has 124 valence electrons. The Morgan fingerprint density at radius 2 is 2.25 bits per heavy atom. The Labute approximate surface area is 139 Å². The fraction of sp³-hybridized carbons (Fsp3) is 0.294. The van der Waals surface area contributed by atoms with Crippen molar-refractivity contribution in [2.24, 2.45) is 4.99 Å². The summed E-state index contributed by atoms with van der Waals surface area (Å²) in [6.45, 7) is 3.46. The number of nitrogens with zero attached hydrogens (tertiary/aromatic N) is 3. The highest BCUT2D eigenvalue weighted by molar-refractivity contribution is 6.01. The van der Waals surface area contributed by atoms with Gasteiger partial charge in [0.05, 0.1) is 30.9 Å². The van der Waals surface area contributed by atoms with Crippen molar-refractivity contribution in [3.8, 4) is 0 Å². The molecule has 6 nitrogen and oxygen atoms in total. The highest BCUT2D eigenvalue weighted by atomic mass is 19.1. The molecule has 0 fully saturated rings. The van der Waals surface area contributed by atoms with E-state index in [0.29, 0.717) is 12.2 Å². The first-order valence-electron chi connectivity index (χ1n) is 7.80. The second-order valence-electron chi connectivity index (χ2n) is 5.41. The lowest BCUT2D eigenvalue weighted by atomic mass is 10.1. The number of aliphatic imine (C=N–C) groups is 1. The van der Waals surface area contributed by atoms with Gasteiger partial charge in [-0.25, -0.2) is 4.39 Å². The van der Waals surface area contributed by atoms with Crippen LogP contribution in [0.1, 0.15) is 29.4 Å². The van der Waals surface area contributed by atoms with E-state index >= 15 is 0 Å². The van der Waals surface area contributed by atoms with Gasteiger partial charge in [0.2, 0.25) is 5.91 Å². The third kappa shape index (κ3) is 3.56. The van der Waals surface area contributed by atoms with Gasteiger partial charge >= 0.3 is 0 Å². The van der Waals surface area contributed by atoms with Crippen molar-refractivity contribution in [3.05, 3.63) is 58.9 Å². The Kier molecular flexibility index (Phi) is 4.79. The first-order chi connectivity index (χ1) is 11.7. The van der Waals surface area contributed by atoms with Gasteiger partial charge < -0.3 is 10.6 Å². The summed E-state index contributed by atoms with van der Waals surface area (Å²) in [4.78, 5) is 24.7. The van der Waals surface area contributed by atoms with Gasteiger partial charge in [-0.1, -0.05) is 0 Å². The fourth-order valence-corrected chi connectivity index (χ4v) is 2.51. The predicted octanol–water partition coefficient (Wildman–Crippen LogP) is 1.34. The standard InChI is InChI=1S/C17H18FN5O/c1-2-19-17-13-9-21-12(6-11(13)8-23-17)7-16(24)22-10-15-14(18)4-3-5-20-15/h3-6,9H,2,7-8,10H2,1H3,(H,19,23)(H,22,24). The monoisotopic (exact) mass is 327 g/mol. The van der Waals surface area contributed by atoms with Crippen LogP contribution in [-0.2, 0) is 24.3 Å². The molecule has 3 heterocycles. The van der Waals surface area contributed by atoms with E-state index in [9.17, 15) is 9.18 Å². The molecule has 2 aromatic rings. The molecule has 1 amide bonds. The molecule has 0 saturated heterocycles. The summed E-state index contributed by atoms with van der Waals surface area (Å²) < 4.78 is 13.5. The number of amides is 1. The zero-order valence-electron chi connectivity index (χ0n) is 13.3. The Morgan fingerprint density at radius 1 is 1.38 bits per heavy atom. The van der Waals surface area contributed by atoms with Gasteiger partial charge in [0.1, 0.15) is 11.7 Å². The third-order valence-electron chi connectivity index (χ3n) is 3.68. The topological polar surface area (TPSA) is 79.3 Å². The van der Waals surface area contributed by atoms with E-state index in [1.807, 2.05) is 13.0 Å². The number of hydrogen-bond acceptors (Lipinski definition) is 5. The maximum absolute atomic E-state index is 13.5. The van der Waals surface area contributed by atoms with E-state index in [2.05, 4.69) is 25.6 Å². The number of pyridine rings is 2. The molecule has 7 heteroatoms. The number of halogens is 1. The molecule has 0 radical (unpaired) electrons. The zero-order valence-corrected chi connectivity index (χ0v) is 13.3. The summed E-state index contributed by atoms with van der Waals surface area (Å²) in [6, 6.07) is 4.72. The molecule has 0 unspecified atom stereocenters. The smallest absolute Gasteiger partial charge is 0.226 e. The maximum atomic E-state index is 13.5. The van der Waals surface area contributed by atoms with Gasteiger partial charge in [0.25, 0.3) is 0 Å². The van der Waals surface area contributed by atoms with Gasteiger partial charge in [-0.3, -0.25) is 19.8 Å². The average molecular weight is 327 g/mol. The Balaban J connectivity index is 1.59. The predicted molar refractivity (Wildman–Crippen MR) is 87.9 cm³/mol. The van der Waals surface area contributed by atoms with Gasteiger partial charge in [-0.15, -0.1) is 0 Å². The van der Waals surface area contributed by atoms with Gasteiger partial charge in [0.15, 0.2) is 0 Å². The minimum Gasteiger partial charge on any atom is -0.370 e. The SMILES string of the molecule is CCNC1=NCc2cc(CC(=O)NCc3ncccc3F)ncc21. The number of aromatic nitrogens is 2. The van der Waals surface area contributed by atoms with Crippen LogP contribution in [0.2, 0.25) is 0 Å². The molecule has 2 N–H and O–H groups in total. The first kappa shape index (κ1) is 16.0. The number of hydrogen-bond donors (Lipinski definition) is 2. The summed E-state index contributed by atoms with van der Waals surface area (Å²) >= 11 is 0. The van der Waals surface area contributed by atoms with Crippen LogP contribution >= 0.6 is 0 Å². The van der Waals surface area contributed by atoms with E-state index in [0.717, 1.165) is 23.5 Å². The van der Waals surface area contributed by atoms with Crippen molar-refractivity contribution < 1.29 is 9.18 Å². The van der Waals surface area contributed by atoms with Crippen LogP contribution in [0.3, 0.4) is 0 Å². The second-order valence-corrected chi connectivity index (χ2v) is 5.41. The van der Waals surface area contributed by atoms with Gasteiger partial charge in [-0.2, -0.15) is 0 Å². The Bertz CT molecular complexity index is 790. The summed E-state index contributed by atoms with van der Waals surface area (Å²) in [6.07, 6.45) is 3.37. The molecule has 24 heavy (non-hydrogen) atoms. The summed E-state index contributed by atoms with van der Waals surface area (Å²) in [5, 5.41) is 5.86. The van der Waals surface area contributed by atoms with Crippen LogP contribution in [0.15, 0.2) is 35.6 Å².